The summed E-state index contributed by atoms with van der Waals surface area (Å²) in [6.07, 6.45) is 1.74. The van der Waals surface area contributed by atoms with Crippen molar-refractivity contribution >= 4 is 22.6 Å². The van der Waals surface area contributed by atoms with E-state index in [4.69, 9.17) is 21.1 Å². The van der Waals surface area contributed by atoms with Gasteiger partial charge in [0, 0.05) is 38.1 Å². The minimum atomic E-state index is 0.575. The molecule has 0 atom stereocenters. The predicted octanol–water partition coefficient (Wildman–Crippen LogP) is 3.25. The molecule has 0 N–H and O–H groups in total. The van der Waals surface area contributed by atoms with Gasteiger partial charge in [-0.25, -0.2) is 4.98 Å². The Labute approximate surface area is 124 Å². The van der Waals surface area contributed by atoms with Crippen molar-refractivity contribution < 1.29 is 9.47 Å². The lowest BCUT2D eigenvalue weighted by Gasteiger charge is -2.08. The topological polar surface area (TPSA) is 36.3 Å². The molecule has 0 aliphatic heterocycles. The number of aryl methyl sites for hydroxylation is 2. The van der Waals surface area contributed by atoms with E-state index < -0.39 is 0 Å². The van der Waals surface area contributed by atoms with Gasteiger partial charge in [0.1, 0.15) is 11.6 Å². The number of aromatic nitrogens is 2. The van der Waals surface area contributed by atoms with Crippen LogP contribution >= 0.6 is 11.6 Å². The van der Waals surface area contributed by atoms with E-state index in [1.54, 1.807) is 7.11 Å². The third kappa shape index (κ3) is 3.44. The maximum absolute atomic E-state index is 5.88. The van der Waals surface area contributed by atoms with Crippen molar-refractivity contribution in [1.29, 1.82) is 0 Å². The molecule has 0 spiro atoms. The Balaban J connectivity index is 2.25. The number of imidazole rings is 1. The van der Waals surface area contributed by atoms with Crippen LogP contribution in [0.15, 0.2) is 18.2 Å². The summed E-state index contributed by atoms with van der Waals surface area (Å²) in [5.41, 5.74) is 2.09. The highest BCUT2D eigenvalue weighted by Gasteiger charge is 2.10. The summed E-state index contributed by atoms with van der Waals surface area (Å²) in [6.45, 7) is 4.44. The van der Waals surface area contributed by atoms with Gasteiger partial charge >= 0.3 is 0 Å². The molecule has 2 aromatic rings. The Morgan fingerprint density at radius 3 is 2.90 bits per heavy atom. The number of benzene rings is 1. The fourth-order valence-corrected chi connectivity index (χ4v) is 2.45. The average molecular weight is 297 g/mol. The van der Waals surface area contributed by atoms with Gasteiger partial charge in [-0.05, 0) is 25.5 Å². The summed E-state index contributed by atoms with van der Waals surface area (Å²) in [5, 5.41) is 0. The molecule has 1 aromatic heterocycles. The zero-order valence-corrected chi connectivity index (χ0v) is 12.8. The highest BCUT2D eigenvalue weighted by molar-refractivity contribution is 6.17. The lowest BCUT2D eigenvalue weighted by Crippen LogP contribution is -2.07. The van der Waals surface area contributed by atoms with Crippen LogP contribution in [0.4, 0.5) is 0 Å². The second-order valence-corrected chi connectivity index (χ2v) is 4.90. The Bertz CT molecular complexity index is 554. The van der Waals surface area contributed by atoms with E-state index >= 15 is 0 Å². The van der Waals surface area contributed by atoms with Gasteiger partial charge in [-0.1, -0.05) is 0 Å². The number of ether oxygens (including phenoxy) is 2. The molecule has 1 heterocycles. The molecule has 0 radical (unpaired) electrons. The first-order valence-electron chi connectivity index (χ1n) is 6.97. The standard InChI is InChI=1S/C15H21ClN2O2/c1-3-20-10-4-9-18-14-6-5-12(19-2)11-13(14)17-15(18)7-8-16/h5-6,11H,3-4,7-10H2,1-2H3. The van der Waals surface area contributed by atoms with Crippen LogP contribution in [0.1, 0.15) is 19.2 Å². The minimum Gasteiger partial charge on any atom is -0.497 e. The Hall–Kier alpha value is -1.26. The van der Waals surface area contributed by atoms with Crippen molar-refractivity contribution in [2.45, 2.75) is 26.3 Å². The SMILES string of the molecule is CCOCCCn1c(CCCl)nc2cc(OC)ccc21. The molecule has 0 fully saturated rings. The van der Waals surface area contributed by atoms with E-state index in [0.29, 0.717) is 5.88 Å². The van der Waals surface area contributed by atoms with E-state index in [2.05, 4.69) is 15.6 Å². The number of halogens is 1. The van der Waals surface area contributed by atoms with E-state index in [1.807, 2.05) is 19.1 Å². The van der Waals surface area contributed by atoms with Crippen LogP contribution in [0, 0.1) is 0 Å². The number of hydrogen-bond donors (Lipinski definition) is 0. The Morgan fingerprint density at radius 1 is 1.35 bits per heavy atom. The molecule has 0 unspecified atom stereocenters. The van der Waals surface area contributed by atoms with Crippen LogP contribution in [0.25, 0.3) is 11.0 Å². The van der Waals surface area contributed by atoms with Crippen molar-refractivity contribution in [2.24, 2.45) is 0 Å². The van der Waals surface area contributed by atoms with Crippen LogP contribution in [0.3, 0.4) is 0 Å². The zero-order chi connectivity index (χ0) is 14.4. The normalized spacial score (nSPS) is 11.2. The van der Waals surface area contributed by atoms with E-state index in [0.717, 1.165) is 55.2 Å². The summed E-state index contributed by atoms with van der Waals surface area (Å²) in [7, 11) is 1.67. The van der Waals surface area contributed by atoms with Gasteiger partial charge in [-0.15, -0.1) is 11.6 Å². The Kier molecular flexibility index (Phi) is 5.68. The van der Waals surface area contributed by atoms with Crippen molar-refractivity contribution in [3.8, 4) is 5.75 Å². The van der Waals surface area contributed by atoms with Gasteiger partial charge in [-0.3, -0.25) is 0 Å². The quantitative estimate of drug-likeness (QED) is 0.554. The molecule has 0 aliphatic carbocycles. The molecule has 0 amide bonds. The van der Waals surface area contributed by atoms with Gasteiger partial charge in [-0.2, -0.15) is 0 Å². The summed E-state index contributed by atoms with van der Waals surface area (Å²) in [6, 6.07) is 5.99. The van der Waals surface area contributed by atoms with Crippen molar-refractivity contribution in [2.75, 3.05) is 26.2 Å². The molecule has 20 heavy (non-hydrogen) atoms. The fraction of sp³-hybridized carbons (Fsp3) is 0.533. The van der Waals surface area contributed by atoms with Gasteiger partial charge < -0.3 is 14.0 Å². The monoisotopic (exact) mass is 296 g/mol. The molecular formula is C15H21ClN2O2. The van der Waals surface area contributed by atoms with Crippen LogP contribution in [-0.2, 0) is 17.7 Å². The largest absolute Gasteiger partial charge is 0.497 e. The summed E-state index contributed by atoms with van der Waals surface area (Å²) in [4.78, 5) is 4.67. The number of fused-ring (bicyclic) bond motifs is 1. The number of methoxy groups -OCH3 is 1. The number of rotatable bonds is 8. The van der Waals surface area contributed by atoms with Gasteiger partial charge in [0.15, 0.2) is 0 Å². The Morgan fingerprint density at radius 2 is 2.20 bits per heavy atom. The zero-order valence-electron chi connectivity index (χ0n) is 12.1. The van der Waals surface area contributed by atoms with Gasteiger partial charge in [0.2, 0.25) is 0 Å². The van der Waals surface area contributed by atoms with Crippen LogP contribution < -0.4 is 4.74 Å². The third-order valence-electron chi connectivity index (χ3n) is 3.23. The fourth-order valence-electron chi connectivity index (χ4n) is 2.28. The maximum atomic E-state index is 5.88. The highest BCUT2D eigenvalue weighted by Crippen LogP contribution is 2.22. The molecule has 110 valence electrons. The molecule has 5 heteroatoms. The highest BCUT2D eigenvalue weighted by atomic mass is 35.5. The molecule has 0 saturated heterocycles. The molecule has 0 saturated carbocycles. The summed E-state index contributed by atoms with van der Waals surface area (Å²) < 4.78 is 12.9. The first kappa shape index (κ1) is 15.1. The summed E-state index contributed by atoms with van der Waals surface area (Å²) in [5.74, 6) is 2.43. The van der Waals surface area contributed by atoms with Crippen LogP contribution in [-0.4, -0.2) is 35.8 Å². The number of nitrogens with zero attached hydrogens (tertiary/aromatic N) is 2. The average Bonchev–Trinajstić information content (AvgIpc) is 2.80. The predicted molar refractivity (Wildman–Crippen MR) is 81.8 cm³/mol. The molecule has 0 bridgehead atoms. The van der Waals surface area contributed by atoms with Crippen molar-refractivity contribution in [1.82, 2.24) is 9.55 Å². The molecular weight excluding hydrogens is 276 g/mol. The number of alkyl halides is 1. The summed E-state index contributed by atoms with van der Waals surface area (Å²) >= 11 is 5.88. The second kappa shape index (κ2) is 7.50. The molecule has 1 aromatic carbocycles. The first-order chi connectivity index (χ1) is 9.80. The first-order valence-corrected chi connectivity index (χ1v) is 7.50. The van der Waals surface area contributed by atoms with Crippen molar-refractivity contribution in [3.63, 3.8) is 0 Å². The second-order valence-electron chi connectivity index (χ2n) is 4.52. The molecule has 0 aliphatic rings. The van der Waals surface area contributed by atoms with Crippen LogP contribution in [0.5, 0.6) is 5.75 Å². The minimum absolute atomic E-state index is 0.575. The van der Waals surface area contributed by atoms with Gasteiger partial charge in [0.25, 0.3) is 0 Å². The van der Waals surface area contributed by atoms with Crippen LogP contribution in [0.2, 0.25) is 0 Å². The smallest absolute Gasteiger partial charge is 0.121 e. The molecule has 2 rings (SSSR count). The lowest BCUT2D eigenvalue weighted by atomic mass is 10.3. The van der Waals surface area contributed by atoms with E-state index in [1.165, 1.54) is 0 Å². The molecule has 4 nitrogen and oxygen atoms in total. The van der Waals surface area contributed by atoms with E-state index in [-0.39, 0.29) is 0 Å². The van der Waals surface area contributed by atoms with Gasteiger partial charge in [0.05, 0.1) is 18.1 Å². The van der Waals surface area contributed by atoms with E-state index in [9.17, 15) is 0 Å². The maximum Gasteiger partial charge on any atom is 0.121 e. The van der Waals surface area contributed by atoms with Crippen molar-refractivity contribution in [3.05, 3.63) is 24.0 Å². The third-order valence-corrected chi connectivity index (χ3v) is 3.42. The number of hydrogen-bond acceptors (Lipinski definition) is 3. The lowest BCUT2D eigenvalue weighted by molar-refractivity contribution is 0.141.